The summed E-state index contributed by atoms with van der Waals surface area (Å²) in [6, 6.07) is 12.0. The van der Waals surface area contributed by atoms with Crippen LogP contribution in [0.1, 0.15) is 11.1 Å². The van der Waals surface area contributed by atoms with E-state index < -0.39 is 22.0 Å². The van der Waals surface area contributed by atoms with E-state index >= 15 is 0 Å². The smallest absolute Gasteiger partial charge is 0.322 e. The Kier molecular flexibility index (Phi) is 6.34. The van der Waals surface area contributed by atoms with Crippen LogP contribution >= 0.6 is 0 Å². The van der Waals surface area contributed by atoms with Crippen molar-refractivity contribution in [2.45, 2.75) is 17.4 Å². The molecule has 0 fully saturated rings. The number of rotatable bonds is 7. The normalized spacial score (nSPS) is 12.3. The fourth-order valence-corrected chi connectivity index (χ4v) is 4.07. The lowest BCUT2D eigenvalue weighted by atomic mass is 10.1. The molecule has 0 unspecified atom stereocenters. The van der Waals surface area contributed by atoms with Crippen molar-refractivity contribution in [3.05, 3.63) is 65.9 Å². The zero-order valence-electron chi connectivity index (χ0n) is 15.7. The zero-order chi connectivity index (χ0) is 20.9. The molecule has 29 heavy (non-hydrogen) atoms. The number of benzene rings is 2. The van der Waals surface area contributed by atoms with Crippen LogP contribution in [0, 0.1) is 11.8 Å². The number of hydrogen-bond donors (Lipinski definition) is 3. The van der Waals surface area contributed by atoms with Crippen LogP contribution in [0.3, 0.4) is 0 Å². The fraction of sp³-hybridized carbons (Fsp3) is 0.190. The summed E-state index contributed by atoms with van der Waals surface area (Å²) < 4.78 is 32.5. The summed E-state index contributed by atoms with van der Waals surface area (Å²) >= 11 is 0. The molecule has 0 spiro atoms. The molecule has 0 aliphatic rings. The molecule has 1 heterocycles. The average molecular weight is 412 g/mol. The van der Waals surface area contributed by atoms with Gasteiger partial charge in [-0.2, -0.15) is 4.72 Å². The summed E-state index contributed by atoms with van der Waals surface area (Å²) in [5, 5.41) is 10.4. The third-order valence-corrected chi connectivity index (χ3v) is 5.80. The van der Waals surface area contributed by atoms with Crippen molar-refractivity contribution in [2.24, 2.45) is 0 Å². The maximum absolute atomic E-state index is 12.7. The van der Waals surface area contributed by atoms with E-state index in [1.165, 1.54) is 19.2 Å². The Morgan fingerprint density at radius 3 is 2.62 bits per heavy atom. The number of H-pyrrole nitrogens is 1. The number of carboxylic acids is 1. The number of ether oxygens (including phenoxy) is 1. The third-order valence-electron chi connectivity index (χ3n) is 4.31. The number of sulfonamides is 1. The second-order valence-corrected chi connectivity index (χ2v) is 8.05. The Morgan fingerprint density at radius 1 is 1.21 bits per heavy atom. The van der Waals surface area contributed by atoms with Crippen LogP contribution in [0.4, 0.5) is 0 Å². The first kappa shape index (κ1) is 20.6. The number of hydrogen-bond acceptors (Lipinski definition) is 4. The van der Waals surface area contributed by atoms with Crippen molar-refractivity contribution in [2.75, 3.05) is 13.7 Å². The van der Waals surface area contributed by atoms with E-state index in [2.05, 4.69) is 21.5 Å². The van der Waals surface area contributed by atoms with E-state index in [4.69, 9.17) is 4.74 Å². The molecule has 1 aromatic heterocycles. The molecule has 0 aliphatic carbocycles. The molecule has 7 nitrogen and oxygen atoms in total. The highest BCUT2D eigenvalue weighted by atomic mass is 32.2. The van der Waals surface area contributed by atoms with Gasteiger partial charge in [0.1, 0.15) is 12.6 Å². The molecular weight excluding hydrogens is 392 g/mol. The van der Waals surface area contributed by atoms with Crippen LogP contribution in [0.2, 0.25) is 0 Å². The van der Waals surface area contributed by atoms with Gasteiger partial charge >= 0.3 is 5.97 Å². The molecule has 150 valence electrons. The van der Waals surface area contributed by atoms with Gasteiger partial charge in [0.2, 0.25) is 10.0 Å². The minimum atomic E-state index is -4.02. The zero-order valence-corrected chi connectivity index (χ0v) is 16.5. The van der Waals surface area contributed by atoms with Gasteiger partial charge in [0, 0.05) is 36.2 Å². The number of aromatic nitrogens is 1. The van der Waals surface area contributed by atoms with Gasteiger partial charge in [0.15, 0.2) is 0 Å². The Hall–Kier alpha value is -3.12. The molecule has 3 N–H and O–H groups in total. The molecule has 3 aromatic rings. The van der Waals surface area contributed by atoms with Gasteiger partial charge in [-0.3, -0.25) is 4.79 Å². The standard InChI is InChI=1S/C21H20N2O5S/c1-28-12-4-5-15-8-10-17(11-9-15)29(26,27)23-20(21(24)25)13-16-14-22-19-7-3-2-6-18(16)19/h2-3,6-11,14,20,22-23H,12-13H2,1H3,(H,24,25)/t20-/m1/s1. The number of carbonyl (C=O) groups is 1. The molecule has 0 radical (unpaired) electrons. The lowest BCUT2D eigenvalue weighted by molar-refractivity contribution is -0.138. The first-order chi connectivity index (χ1) is 13.9. The molecule has 0 amide bonds. The van der Waals surface area contributed by atoms with Crippen LogP contribution in [0.15, 0.2) is 59.6 Å². The Bertz CT molecular complexity index is 1170. The molecule has 0 bridgehead atoms. The highest BCUT2D eigenvalue weighted by Crippen LogP contribution is 2.20. The lowest BCUT2D eigenvalue weighted by Gasteiger charge is -2.14. The Morgan fingerprint density at radius 2 is 1.93 bits per heavy atom. The van der Waals surface area contributed by atoms with E-state index in [0.717, 1.165) is 16.5 Å². The van der Waals surface area contributed by atoms with Gasteiger partial charge in [-0.15, -0.1) is 0 Å². The lowest BCUT2D eigenvalue weighted by Crippen LogP contribution is -2.42. The van der Waals surface area contributed by atoms with Crippen LogP contribution in [-0.2, 0) is 26.0 Å². The highest BCUT2D eigenvalue weighted by Gasteiger charge is 2.26. The summed E-state index contributed by atoms with van der Waals surface area (Å²) in [7, 11) is -2.48. The van der Waals surface area contributed by atoms with Crippen molar-refractivity contribution in [1.29, 1.82) is 0 Å². The predicted octanol–water partition coefficient (Wildman–Crippen LogP) is 2.14. The first-order valence-electron chi connectivity index (χ1n) is 8.79. The number of aromatic amines is 1. The van der Waals surface area contributed by atoms with E-state index in [0.29, 0.717) is 5.56 Å². The van der Waals surface area contributed by atoms with Gasteiger partial charge in [-0.25, -0.2) is 8.42 Å². The number of methoxy groups -OCH3 is 1. The van der Waals surface area contributed by atoms with Gasteiger partial charge in [0.25, 0.3) is 0 Å². The molecule has 1 atom stereocenters. The van der Waals surface area contributed by atoms with Crippen LogP contribution < -0.4 is 4.72 Å². The topological polar surface area (TPSA) is 108 Å². The van der Waals surface area contributed by atoms with Gasteiger partial charge in [-0.1, -0.05) is 30.0 Å². The Balaban J connectivity index is 1.79. The largest absolute Gasteiger partial charge is 0.480 e. The summed E-state index contributed by atoms with van der Waals surface area (Å²) in [6.07, 6.45) is 1.71. The molecule has 8 heteroatoms. The number of aliphatic carboxylic acids is 1. The van der Waals surface area contributed by atoms with Crippen LogP contribution in [0.25, 0.3) is 10.9 Å². The predicted molar refractivity (Wildman–Crippen MR) is 109 cm³/mol. The molecule has 3 rings (SSSR count). The second-order valence-electron chi connectivity index (χ2n) is 6.33. The molecular formula is C21H20N2O5S. The summed E-state index contributed by atoms with van der Waals surface area (Å²) in [6.45, 7) is 0.274. The van der Waals surface area contributed by atoms with Crippen LogP contribution in [0.5, 0.6) is 0 Å². The van der Waals surface area contributed by atoms with E-state index in [1.807, 2.05) is 24.3 Å². The van der Waals surface area contributed by atoms with Crippen molar-refractivity contribution in [3.63, 3.8) is 0 Å². The highest BCUT2D eigenvalue weighted by molar-refractivity contribution is 7.89. The minimum absolute atomic E-state index is 0.0130. The number of fused-ring (bicyclic) bond motifs is 1. The number of para-hydroxylation sites is 1. The van der Waals surface area contributed by atoms with E-state index in [1.54, 1.807) is 18.3 Å². The van der Waals surface area contributed by atoms with Crippen molar-refractivity contribution >= 4 is 26.9 Å². The van der Waals surface area contributed by atoms with Crippen molar-refractivity contribution < 1.29 is 23.1 Å². The van der Waals surface area contributed by atoms with Crippen molar-refractivity contribution in [3.8, 4) is 11.8 Å². The van der Waals surface area contributed by atoms with E-state index in [-0.39, 0.29) is 17.9 Å². The third kappa shape index (κ3) is 5.03. The quantitative estimate of drug-likeness (QED) is 0.515. The summed E-state index contributed by atoms with van der Waals surface area (Å²) in [4.78, 5) is 14.7. The monoisotopic (exact) mass is 412 g/mol. The number of carboxylic acid groups (broad SMARTS) is 1. The first-order valence-corrected chi connectivity index (χ1v) is 10.3. The van der Waals surface area contributed by atoms with Gasteiger partial charge in [0.05, 0.1) is 4.90 Å². The summed E-state index contributed by atoms with van der Waals surface area (Å²) in [5.41, 5.74) is 2.22. The maximum Gasteiger partial charge on any atom is 0.322 e. The van der Waals surface area contributed by atoms with Gasteiger partial charge < -0.3 is 14.8 Å². The second kappa shape index (κ2) is 8.92. The van der Waals surface area contributed by atoms with Crippen LogP contribution in [-0.4, -0.2) is 44.2 Å². The maximum atomic E-state index is 12.7. The van der Waals surface area contributed by atoms with E-state index in [9.17, 15) is 18.3 Å². The fourth-order valence-electron chi connectivity index (χ4n) is 2.88. The number of nitrogens with one attached hydrogen (secondary N) is 2. The minimum Gasteiger partial charge on any atom is -0.480 e. The molecule has 0 saturated heterocycles. The van der Waals surface area contributed by atoms with Crippen molar-refractivity contribution in [1.82, 2.24) is 9.71 Å². The average Bonchev–Trinajstić information content (AvgIpc) is 3.11. The summed E-state index contributed by atoms with van der Waals surface area (Å²) in [5.74, 6) is 4.37. The molecule has 2 aromatic carbocycles. The Labute approximate surface area is 168 Å². The molecule has 0 aliphatic heterocycles. The van der Waals surface area contributed by atoms with Gasteiger partial charge in [-0.05, 0) is 35.9 Å². The molecule has 0 saturated carbocycles. The SMILES string of the molecule is COCC#Cc1ccc(S(=O)(=O)N[C@H](Cc2c[nH]c3ccccc23)C(=O)O)cc1.